The van der Waals surface area contributed by atoms with Gasteiger partial charge in [-0.15, -0.1) is 0 Å². The fraction of sp³-hybridized carbons (Fsp3) is 0.357. The van der Waals surface area contributed by atoms with Gasteiger partial charge in [0.2, 0.25) is 0 Å². The van der Waals surface area contributed by atoms with Crippen LogP contribution < -0.4 is 0 Å². The Morgan fingerprint density at radius 2 is 2.33 bits per heavy atom. The molecule has 0 bridgehead atoms. The number of carbonyl (C=O) groups excluding carboxylic acids is 1. The number of ether oxygens (including phenoxy) is 1. The molecule has 3 rings (SSSR count). The summed E-state index contributed by atoms with van der Waals surface area (Å²) < 4.78 is 7.33. The molecule has 0 saturated carbocycles. The fourth-order valence-electron chi connectivity index (χ4n) is 2.99. The molecule has 2 aromatic rings. The summed E-state index contributed by atoms with van der Waals surface area (Å²) in [6, 6.07) is 5.91. The largest absolute Gasteiger partial charge is 0.458 e. The molecule has 94 valence electrons. The van der Waals surface area contributed by atoms with E-state index in [1.807, 2.05) is 25.2 Å². The second-order valence-electron chi connectivity index (χ2n) is 4.70. The van der Waals surface area contributed by atoms with Crippen LogP contribution in [0.15, 0.2) is 18.2 Å². The average molecular weight is 264 g/mol. The van der Waals surface area contributed by atoms with Crippen molar-refractivity contribution in [3.8, 4) is 0 Å². The number of carbonyl (C=O) groups is 1. The maximum Gasteiger partial charge on any atom is 0.293 e. The molecule has 1 aromatic heterocycles. The topological polar surface area (TPSA) is 31.2 Å². The molecule has 0 amide bonds. The van der Waals surface area contributed by atoms with E-state index in [9.17, 15) is 4.79 Å². The lowest BCUT2D eigenvalue weighted by atomic mass is 9.93. The van der Waals surface area contributed by atoms with Crippen LogP contribution in [-0.4, -0.2) is 11.0 Å². The summed E-state index contributed by atoms with van der Waals surface area (Å²) in [5, 5.41) is 1.92. The Balaban J connectivity index is 2.27. The van der Waals surface area contributed by atoms with Crippen molar-refractivity contribution in [3.05, 3.63) is 34.5 Å². The Labute approximate surface area is 110 Å². The van der Waals surface area contributed by atoms with Crippen LogP contribution in [0.25, 0.3) is 10.9 Å². The average Bonchev–Trinajstić information content (AvgIpc) is 2.64. The number of aromatic nitrogens is 1. The lowest BCUT2D eigenvalue weighted by Crippen LogP contribution is -2.14. The number of rotatable bonds is 2. The third kappa shape index (κ3) is 1.62. The van der Waals surface area contributed by atoms with Crippen molar-refractivity contribution in [3.63, 3.8) is 0 Å². The van der Waals surface area contributed by atoms with Gasteiger partial charge in [0.05, 0.1) is 5.69 Å². The van der Waals surface area contributed by atoms with Gasteiger partial charge >= 0.3 is 0 Å². The number of hydrogen-bond donors (Lipinski definition) is 0. The van der Waals surface area contributed by atoms with Crippen molar-refractivity contribution in [1.29, 1.82) is 0 Å². The zero-order valence-corrected chi connectivity index (χ0v) is 10.9. The van der Waals surface area contributed by atoms with Gasteiger partial charge in [-0.2, -0.15) is 0 Å². The first kappa shape index (κ1) is 11.6. The molecule has 0 aliphatic heterocycles. The molecule has 0 spiro atoms. The van der Waals surface area contributed by atoms with Crippen molar-refractivity contribution >= 4 is 29.0 Å². The Hall–Kier alpha value is -1.48. The van der Waals surface area contributed by atoms with Crippen LogP contribution in [0.2, 0.25) is 5.02 Å². The van der Waals surface area contributed by atoms with E-state index in [4.69, 9.17) is 16.3 Å². The van der Waals surface area contributed by atoms with Crippen molar-refractivity contribution < 1.29 is 9.53 Å². The van der Waals surface area contributed by atoms with E-state index >= 15 is 0 Å². The highest BCUT2D eigenvalue weighted by molar-refractivity contribution is 6.31. The minimum absolute atomic E-state index is 0.123. The van der Waals surface area contributed by atoms with Crippen LogP contribution >= 0.6 is 11.6 Å². The van der Waals surface area contributed by atoms with E-state index in [2.05, 4.69) is 4.57 Å². The number of fused-ring (bicyclic) bond motifs is 3. The van der Waals surface area contributed by atoms with Crippen LogP contribution in [0.1, 0.15) is 30.2 Å². The molecule has 1 aromatic carbocycles. The van der Waals surface area contributed by atoms with Crippen molar-refractivity contribution in [2.75, 3.05) is 0 Å². The standard InChI is InChI=1S/C14H14ClNO2/c1-16-12-6-5-9(15)7-11(12)10-3-2-4-13(14(10)16)18-8-17/h5-8,13H,2-4H2,1H3. The quantitative estimate of drug-likeness (QED) is 0.778. The zero-order valence-electron chi connectivity index (χ0n) is 10.1. The SMILES string of the molecule is Cn1c2c(c3cc(Cl)ccc31)CCCC2OC=O. The molecule has 0 N–H and O–H groups in total. The summed E-state index contributed by atoms with van der Waals surface area (Å²) in [4.78, 5) is 10.6. The summed E-state index contributed by atoms with van der Waals surface area (Å²) in [5.41, 5.74) is 3.53. The first-order chi connectivity index (χ1) is 8.72. The van der Waals surface area contributed by atoms with Gasteiger partial charge in [0.25, 0.3) is 6.47 Å². The van der Waals surface area contributed by atoms with Crippen molar-refractivity contribution in [2.24, 2.45) is 7.05 Å². The fourth-order valence-corrected chi connectivity index (χ4v) is 3.16. The molecule has 18 heavy (non-hydrogen) atoms. The Kier molecular flexibility index (Phi) is 2.78. The van der Waals surface area contributed by atoms with E-state index in [-0.39, 0.29) is 6.10 Å². The first-order valence-electron chi connectivity index (χ1n) is 6.08. The van der Waals surface area contributed by atoms with Gasteiger partial charge in [-0.25, -0.2) is 0 Å². The molecule has 1 aliphatic rings. The monoisotopic (exact) mass is 263 g/mol. The van der Waals surface area contributed by atoms with Crippen LogP contribution in [-0.2, 0) is 23.0 Å². The zero-order chi connectivity index (χ0) is 12.7. The Morgan fingerprint density at radius 1 is 1.50 bits per heavy atom. The first-order valence-corrected chi connectivity index (χ1v) is 6.46. The highest BCUT2D eigenvalue weighted by Crippen LogP contribution is 2.38. The van der Waals surface area contributed by atoms with E-state index < -0.39 is 0 Å². The van der Waals surface area contributed by atoms with Crippen LogP contribution in [0.3, 0.4) is 0 Å². The normalized spacial score (nSPS) is 18.7. The summed E-state index contributed by atoms with van der Waals surface area (Å²) >= 11 is 6.07. The van der Waals surface area contributed by atoms with Gasteiger partial charge in [0.15, 0.2) is 0 Å². The van der Waals surface area contributed by atoms with Crippen molar-refractivity contribution in [1.82, 2.24) is 4.57 Å². The Bertz CT molecular complexity index is 618. The minimum atomic E-state index is -0.123. The number of hydrogen-bond acceptors (Lipinski definition) is 2. The molecule has 0 saturated heterocycles. The lowest BCUT2D eigenvalue weighted by Gasteiger charge is -2.22. The summed E-state index contributed by atoms with van der Waals surface area (Å²) in [6.07, 6.45) is 2.83. The van der Waals surface area contributed by atoms with Crippen LogP contribution in [0.5, 0.6) is 0 Å². The number of aryl methyl sites for hydroxylation is 2. The van der Waals surface area contributed by atoms with Crippen LogP contribution in [0.4, 0.5) is 0 Å². The van der Waals surface area contributed by atoms with Gasteiger partial charge in [-0.3, -0.25) is 4.79 Å². The molecule has 1 unspecified atom stereocenters. The van der Waals surface area contributed by atoms with E-state index in [1.54, 1.807) is 0 Å². The molecule has 0 radical (unpaired) electrons. The van der Waals surface area contributed by atoms with Gasteiger partial charge in [0.1, 0.15) is 6.10 Å². The van der Waals surface area contributed by atoms with Gasteiger partial charge in [-0.05, 0) is 43.0 Å². The molecule has 4 heteroatoms. The molecule has 1 atom stereocenters. The molecular formula is C14H14ClNO2. The molecule has 1 heterocycles. The van der Waals surface area contributed by atoms with Crippen molar-refractivity contribution in [2.45, 2.75) is 25.4 Å². The molecule has 0 fully saturated rings. The third-order valence-electron chi connectivity index (χ3n) is 3.73. The Morgan fingerprint density at radius 3 is 3.11 bits per heavy atom. The molecule has 3 nitrogen and oxygen atoms in total. The maximum atomic E-state index is 10.6. The highest BCUT2D eigenvalue weighted by atomic mass is 35.5. The number of nitrogens with zero attached hydrogens (tertiary/aromatic N) is 1. The third-order valence-corrected chi connectivity index (χ3v) is 3.97. The predicted molar refractivity (Wildman–Crippen MR) is 70.8 cm³/mol. The minimum Gasteiger partial charge on any atom is -0.458 e. The summed E-state index contributed by atoms with van der Waals surface area (Å²) in [5.74, 6) is 0. The smallest absolute Gasteiger partial charge is 0.293 e. The van der Waals surface area contributed by atoms with E-state index in [0.29, 0.717) is 6.47 Å². The lowest BCUT2D eigenvalue weighted by molar-refractivity contribution is -0.134. The van der Waals surface area contributed by atoms with Gasteiger partial charge in [0, 0.05) is 23.0 Å². The molecule has 1 aliphatic carbocycles. The predicted octanol–water partition coefficient (Wildman–Crippen LogP) is 3.38. The van der Waals surface area contributed by atoms with E-state index in [0.717, 1.165) is 35.5 Å². The maximum absolute atomic E-state index is 10.6. The number of benzene rings is 1. The number of halogens is 1. The van der Waals surface area contributed by atoms with E-state index in [1.165, 1.54) is 10.9 Å². The highest BCUT2D eigenvalue weighted by Gasteiger charge is 2.27. The second-order valence-corrected chi connectivity index (χ2v) is 5.13. The summed E-state index contributed by atoms with van der Waals surface area (Å²) in [6.45, 7) is 0.546. The van der Waals surface area contributed by atoms with Gasteiger partial charge < -0.3 is 9.30 Å². The van der Waals surface area contributed by atoms with Gasteiger partial charge in [-0.1, -0.05) is 11.6 Å². The summed E-state index contributed by atoms with van der Waals surface area (Å²) in [7, 11) is 2.02. The second kappa shape index (κ2) is 4.32. The van der Waals surface area contributed by atoms with Crippen LogP contribution in [0, 0.1) is 0 Å². The molecular weight excluding hydrogens is 250 g/mol.